The molecule has 0 N–H and O–H groups in total. The molecule has 0 heterocycles. The smallest absolute Gasteiger partial charge is 0.149 e. The summed E-state index contributed by atoms with van der Waals surface area (Å²) < 4.78 is 24.4. The van der Waals surface area contributed by atoms with Crippen molar-refractivity contribution in [3.63, 3.8) is 0 Å². The molecule has 2 atom stereocenters. The van der Waals surface area contributed by atoms with Gasteiger partial charge in [-0.05, 0) is 164 Å². The summed E-state index contributed by atoms with van der Waals surface area (Å²) in [5.74, 6) is 15.1. The third-order valence-corrected chi connectivity index (χ3v) is 16.2. The molecule has 0 amide bonds. The van der Waals surface area contributed by atoms with E-state index in [1.807, 2.05) is 26.0 Å². The Balaban J connectivity index is 0.963. The molecule has 0 saturated heterocycles. The fourth-order valence-electron chi connectivity index (χ4n) is 11.8. The summed E-state index contributed by atoms with van der Waals surface area (Å²) in [6, 6.07) is 79.6. The molecular weight excluding hydrogens is 961 g/mol. The van der Waals surface area contributed by atoms with Gasteiger partial charge in [0.05, 0.1) is 25.0 Å². The topological polar surface area (TPSA) is 36.9 Å². The number of ether oxygens (including phenoxy) is 4. The van der Waals surface area contributed by atoms with Crippen LogP contribution in [-0.4, -0.2) is 27.4 Å². The minimum atomic E-state index is -0.714. The van der Waals surface area contributed by atoms with Crippen LogP contribution in [0.15, 0.2) is 228 Å². The molecule has 2 aliphatic rings. The highest BCUT2D eigenvalue weighted by atomic mass is 32.2. The van der Waals surface area contributed by atoms with E-state index in [-0.39, 0.29) is 0 Å². The normalized spacial score (nSPS) is 16.0. The quantitative estimate of drug-likeness (QED) is 0.114. The van der Waals surface area contributed by atoms with Gasteiger partial charge in [0.2, 0.25) is 0 Å². The van der Waals surface area contributed by atoms with Crippen molar-refractivity contribution in [2.45, 2.75) is 34.5 Å². The molecule has 0 radical (unpaired) electrons. The Bertz CT molecular complexity index is 3820. The molecule has 0 aliphatic heterocycles. The van der Waals surface area contributed by atoms with Crippen molar-refractivity contribution in [2.75, 3.05) is 27.4 Å². The summed E-state index contributed by atoms with van der Waals surface area (Å²) in [5, 5.41) is 4.44. The highest BCUT2D eigenvalue weighted by Gasteiger charge is 2.45. The number of fused-ring (bicyclic) bond motifs is 6. The van der Waals surface area contributed by atoms with Gasteiger partial charge in [-0.15, -0.1) is 11.8 Å². The number of rotatable bonds is 12. The van der Waals surface area contributed by atoms with E-state index in [1.54, 1.807) is 26.0 Å². The van der Waals surface area contributed by atoms with Gasteiger partial charge in [0.15, 0.2) is 0 Å². The van der Waals surface area contributed by atoms with Gasteiger partial charge in [0.1, 0.15) is 36.2 Å². The summed E-state index contributed by atoms with van der Waals surface area (Å²) in [6.45, 7) is 4.36. The Morgan fingerprint density at radius 1 is 0.377 bits per heavy atom. The van der Waals surface area contributed by atoms with Gasteiger partial charge in [0, 0.05) is 20.9 Å². The van der Waals surface area contributed by atoms with Crippen molar-refractivity contribution in [3.05, 3.63) is 285 Å². The number of benzene rings is 10. The van der Waals surface area contributed by atoms with Crippen LogP contribution < -0.4 is 9.47 Å². The minimum absolute atomic E-state index is 0.352. The molecule has 0 spiro atoms. The Hall–Kier alpha value is -9.13. The van der Waals surface area contributed by atoms with Crippen molar-refractivity contribution in [2.24, 2.45) is 0 Å². The van der Waals surface area contributed by atoms with E-state index < -0.39 is 10.8 Å². The summed E-state index contributed by atoms with van der Waals surface area (Å²) >= 11 is 1.77. The minimum Gasteiger partial charge on any atom is -0.496 e. The SMILES string of the molecule is CC#CCOc1ccc2cc(C3(c4ccc(Sc5ccc(C6(c7ccc8cc(OCC#CC)ccc8c7)c7ccccc7C=C(OC)c7ccccc76)cc5)cc4)c4ccccc4C=C(OC)c4ccccc43)ccc2c1. The first-order valence-corrected chi connectivity index (χ1v) is 26.7. The Kier molecular flexibility index (Phi) is 13.2. The molecule has 77 heavy (non-hydrogen) atoms. The molecule has 372 valence electrons. The predicted octanol–water partition coefficient (Wildman–Crippen LogP) is 16.6. The highest BCUT2D eigenvalue weighted by molar-refractivity contribution is 7.99. The largest absolute Gasteiger partial charge is 0.496 e. The summed E-state index contributed by atoms with van der Waals surface area (Å²) in [6.07, 6.45) is 4.38. The van der Waals surface area contributed by atoms with Crippen LogP contribution in [0.2, 0.25) is 0 Å². The van der Waals surface area contributed by atoms with Gasteiger partial charge >= 0.3 is 0 Å². The molecule has 0 saturated carbocycles. The van der Waals surface area contributed by atoms with Gasteiger partial charge in [-0.1, -0.05) is 181 Å². The lowest BCUT2D eigenvalue weighted by atomic mass is 9.63. The maximum Gasteiger partial charge on any atom is 0.149 e. The number of hydrogen-bond donors (Lipinski definition) is 0. The lowest BCUT2D eigenvalue weighted by Gasteiger charge is -2.38. The first-order valence-electron chi connectivity index (χ1n) is 25.9. The Morgan fingerprint density at radius 2 is 0.740 bits per heavy atom. The fourth-order valence-corrected chi connectivity index (χ4v) is 12.6. The van der Waals surface area contributed by atoms with E-state index in [4.69, 9.17) is 18.9 Å². The number of hydrogen-bond acceptors (Lipinski definition) is 5. The first kappa shape index (κ1) is 48.8. The molecule has 2 aliphatic carbocycles. The molecule has 0 aromatic heterocycles. The van der Waals surface area contributed by atoms with Crippen molar-refractivity contribution in [3.8, 4) is 35.2 Å². The lowest BCUT2D eigenvalue weighted by molar-refractivity contribution is 0.370. The highest BCUT2D eigenvalue weighted by Crippen LogP contribution is 2.54. The molecule has 0 fully saturated rings. The van der Waals surface area contributed by atoms with E-state index in [1.165, 1.54) is 11.1 Å². The summed E-state index contributed by atoms with van der Waals surface area (Å²) in [7, 11) is 3.53. The van der Waals surface area contributed by atoms with Crippen molar-refractivity contribution >= 4 is 57.0 Å². The maximum atomic E-state index is 6.21. The second-order valence-corrected chi connectivity index (χ2v) is 20.4. The zero-order valence-electron chi connectivity index (χ0n) is 43.4. The van der Waals surface area contributed by atoms with Gasteiger partial charge in [-0.3, -0.25) is 0 Å². The lowest BCUT2D eigenvalue weighted by Crippen LogP contribution is -2.32. The van der Waals surface area contributed by atoms with Crippen LogP contribution in [0.5, 0.6) is 11.5 Å². The second kappa shape index (κ2) is 20.9. The fraction of sp³-hybridized carbons (Fsp3) is 0.111. The van der Waals surface area contributed by atoms with Crippen LogP contribution in [0.3, 0.4) is 0 Å². The molecule has 12 rings (SSSR count). The standard InChI is InChI=1S/C72H54O4S/c1-5-7-41-75-59-35-27-49-43-57(29-25-51(49)45-59)71(65-21-13-9-17-53(65)47-69(73-3)63-19-11-15-23-67(63)71)55-31-37-61(38-32-55)77-62-39-33-56(34-40-62)72(58-30-26-52-46-60(76-42-8-6-2)36-28-50(52)44-58)66-22-14-10-18-54(66)48-70(74-4)64-20-12-16-24-68(64)72/h9-40,43-48H,41-42H2,1-4H3. The molecule has 5 heteroatoms. The first-order chi connectivity index (χ1) is 38.0. The van der Waals surface area contributed by atoms with E-state index in [2.05, 4.69) is 242 Å². The average Bonchev–Trinajstić information content (AvgIpc) is 3.85. The number of methoxy groups -OCH3 is 2. The zero-order chi connectivity index (χ0) is 52.3. The Morgan fingerprint density at radius 3 is 1.16 bits per heavy atom. The second-order valence-electron chi connectivity index (χ2n) is 19.2. The molecule has 10 aromatic carbocycles. The summed E-state index contributed by atoms with van der Waals surface area (Å²) in [4.78, 5) is 2.27. The van der Waals surface area contributed by atoms with Crippen LogP contribution in [0.4, 0.5) is 0 Å². The van der Waals surface area contributed by atoms with Crippen LogP contribution >= 0.6 is 11.8 Å². The van der Waals surface area contributed by atoms with Crippen molar-refractivity contribution in [1.29, 1.82) is 0 Å². The van der Waals surface area contributed by atoms with Crippen LogP contribution in [0, 0.1) is 23.7 Å². The van der Waals surface area contributed by atoms with Gasteiger partial charge < -0.3 is 18.9 Å². The third-order valence-electron chi connectivity index (χ3n) is 15.2. The van der Waals surface area contributed by atoms with Crippen LogP contribution in [0.1, 0.15) is 80.6 Å². The summed E-state index contributed by atoms with van der Waals surface area (Å²) in [5.41, 5.74) is 12.2. The van der Waals surface area contributed by atoms with Gasteiger partial charge in [-0.2, -0.15) is 0 Å². The zero-order valence-corrected chi connectivity index (χ0v) is 44.2. The molecular formula is C72H54O4S. The van der Waals surface area contributed by atoms with Crippen molar-refractivity contribution < 1.29 is 18.9 Å². The maximum absolute atomic E-state index is 6.21. The van der Waals surface area contributed by atoms with Crippen LogP contribution in [-0.2, 0) is 20.3 Å². The van der Waals surface area contributed by atoms with E-state index in [9.17, 15) is 0 Å². The molecule has 0 bridgehead atoms. The van der Waals surface area contributed by atoms with Gasteiger partial charge in [-0.25, -0.2) is 0 Å². The molecule has 4 nitrogen and oxygen atoms in total. The van der Waals surface area contributed by atoms with Gasteiger partial charge in [0.25, 0.3) is 0 Å². The van der Waals surface area contributed by atoms with E-state index in [0.29, 0.717) is 13.2 Å². The monoisotopic (exact) mass is 1010 g/mol. The van der Waals surface area contributed by atoms with E-state index >= 15 is 0 Å². The van der Waals surface area contributed by atoms with E-state index in [0.717, 1.165) is 110 Å². The molecule has 10 aromatic rings. The van der Waals surface area contributed by atoms with Crippen molar-refractivity contribution in [1.82, 2.24) is 0 Å². The third kappa shape index (κ3) is 8.60. The Labute approximate surface area is 455 Å². The average molecular weight is 1020 g/mol. The van der Waals surface area contributed by atoms with Crippen LogP contribution in [0.25, 0.3) is 45.2 Å². The molecule has 2 unspecified atom stereocenters. The predicted molar refractivity (Wildman–Crippen MR) is 316 cm³/mol.